The van der Waals surface area contributed by atoms with Gasteiger partial charge < -0.3 is 4.90 Å². The van der Waals surface area contributed by atoms with Gasteiger partial charge in [-0.15, -0.1) is 12.6 Å². The summed E-state index contributed by atoms with van der Waals surface area (Å²) in [5.41, 5.74) is 0.953. The number of nitrogens with zero attached hydrogens (tertiary/aromatic N) is 1. The van der Waals surface area contributed by atoms with Crippen LogP contribution in [0.15, 0.2) is 29.2 Å². The predicted octanol–water partition coefficient (Wildman–Crippen LogP) is 2.48. The van der Waals surface area contributed by atoms with Crippen molar-refractivity contribution in [1.29, 1.82) is 0 Å². The van der Waals surface area contributed by atoms with Gasteiger partial charge >= 0.3 is 0 Å². The van der Waals surface area contributed by atoms with Crippen molar-refractivity contribution in [3.8, 4) is 0 Å². The summed E-state index contributed by atoms with van der Waals surface area (Å²) in [4.78, 5) is 14.5. The van der Waals surface area contributed by atoms with Crippen LogP contribution in [0, 0.1) is 0 Å². The maximum Gasteiger partial charge on any atom is 0.228 e. The summed E-state index contributed by atoms with van der Waals surface area (Å²) < 4.78 is 0. The van der Waals surface area contributed by atoms with Crippen LogP contribution in [0.4, 0.5) is 5.69 Å². The number of benzene rings is 1. The summed E-state index contributed by atoms with van der Waals surface area (Å²) in [6.45, 7) is 0.755. The Labute approximate surface area is 96.8 Å². The fourth-order valence-corrected chi connectivity index (χ4v) is 2.26. The van der Waals surface area contributed by atoms with Crippen molar-refractivity contribution >= 4 is 40.2 Å². The molecule has 2 rings (SSSR count). The minimum Gasteiger partial charge on any atom is -0.311 e. The Hall–Kier alpha value is -0.480. The van der Waals surface area contributed by atoms with Crippen molar-refractivity contribution in [2.24, 2.45) is 0 Å². The fourth-order valence-electron chi connectivity index (χ4n) is 1.55. The summed E-state index contributed by atoms with van der Waals surface area (Å²) in [6.07, 6.45) is 0.586. The molecule has 0 N–H and O–H groups in total. The highest BCUT2D eigenvalue weighted by molar-refractivity contribution is 9.09. The molecule has 2 nitrogen and oxygen atoms in total. The minimum absolute atomic E-state index is 0.179. The van der Waals surface area contributed by atoms with Crippen LogP contribution in [0.3, 0.4) is 0 Å². The molecule has 0 bridgehead atoms. The van der Waals surface area contributed by atoms with Gasteiger partial charge in [-0.2, -0.15) is 0 Å². The molecule has 4 heteroatoms. The quantitative estimate of drug-likeness (QED) is 0.615. The first kappa shape index (κ1) is 10.1. The van der Waals surface area contributed by atoms with Gasteiger partial charge in [0, 0.05) is 28.4 Å². The zero-order chi connectivity index (χ0) is 10.1. The molecule has 0 aliphatic carbocycles. The van der Waals surface area contributed by atoms with E-state index in [0.717, 1.165) is 17.1 Å². The molecule has 0 aromatic heterocycles. The molecular weight excluding hydrogens is 262 g/mol. The molecule has 0 saturated carbocycles. The first-order valence-corrected chi connectivity index (χ1v) is 5.76. The zero-order valence-corrected chi connectivity index (χ0v) is 9.96. The molecule has 1 fully saturated rings. The van der Waals surface area contributed by atoms with E-state index < -0.39 is 0 Å². The van der Waals surface area contributed by atoms with Gasteiger partial charge in [0.15, 0.2) is 0 Å². The third-order valence-corrected chi connectivity index (χ3v) is 3.15. The van der Waals surface area contributed by atoms with Crippen LogP contribution < -0.4 is 4.90 Å². The second-order valence-corrected chi connectivity index (χ2v) is 5.13. The molecule has 74 valence electrons. The molecular formula is C10H10BrNOS. The summed E-state index contributed by atoms with van der Waals surface area (Å²) >= 11 is 7.66. The van der Waals surface area contributed by atoms with Gasteiger partial charge in [0.05, 0.1) is 0 Å². The van der Waals surface area contributed by atoms with E-state index in [1.165, 1.54) is 0 Å². The second kappa shape index (κ2) is 3.95. The van der Waals surface area contributed by atoms with Crippen LogP contribution >= 0.6 is 28.6 Å². The Kier molecular flexibility index (Phi) is 2.83. The number of rotatable bonds is 1. The van der Waals surface area contributed by atoms with Crippen LogP contribution in [-0.2, 0) is 4.79 Å². The molecule has 1 saturated heterocycles. The van der Waals surface area contributed by atoms with Gasteiger partial charge in [0.2, 0.25) is 5.91 Å². The van der Waals surface area contributed by atoms with Gasteiger partial charge in [0.1, 0.15) is 0 Å². The Morgan fingerprint density at radius 1 is 1.36 bits per heavy atom. The van der Waals surface area contributed by atoms with Gasteiger partial charge in [-0.25, -0.2) is 0 Å². The van der Waals surface area contributed by atoms with E-state index in [0.29, 0.717) is 6.42 Å². The highest BCUT2D eigenvalue weighted by Gasteiger charge is 2.28. The monoisotopic (exact) mass is 271 g/mol. The number of amides is 1. The fraction of sp³-hybridized carbons (Fsp3) is 0.300. The lowest BCUT2D eigenvalue weighted by Crippen LogP contribution is -2.24. The molecule has 14 heavy (non-hydrogen) atoms. The smallest absolute Gasteiger partial charge is 0.228 e. The molecule has 0 radical (unpaired) electrons. The number of carbonyl (C=O) groups excluding carboxylic acids is 1. The molecule has 1 aliphatic rings. The van der Waals surface area contributed by atoms with Crippen molar-refractivity contribution in [1.82, 2.24) is 0 Å². The number of alkyl halides is 1. The van der Waals surface area contributed by atoms with Gasteiger partial charge in [0.25, 0.3) is 0 Å². The van der Waals surface area contributed by atoms with Crippen LogP contribution in [-0.4, -0.2) is 17.3 Å². The summed E-state index contributed by atoms with van der Waals surface area (Å²) in [5.74, 6) is 0.179. The van der Waals surface area contributed by atoms with Crippen molar-refractivity contribution in [3.63, 3.8) is 0 Å². The van der Waals surface area contributed by atoms with Gasteiger partial charge in [-0.3, -0.25) is 4.79 Å². The maximum absolute atomic E-state index is 11.5. The minimum atomic E-state index is 0.179. The molecule has 1 unspecified atom stereocenters. The van der Waals surface area contributed by atoms with Gasteiger partial charge in [-0.1, -0.05) is 15.9 Å². The normalized spacial score (nSPS) is 21.7. The lowest BCUT2D eigenvalue weighted by atomic mass is 10.3. The largest absolute Gasteiger partial charge is 0.311 e. The van der Waals surface area contributed by atoms with Crippen LogP contribution in [0.2, 0.25) is 0 Å². The van der Waals surface area contributed by atoms with E-state index in [9.17, 15) is 4.79 Å². The molecule has 1 atom stereocenters. The van der Waals surface area contributed by atoms with Crippen molar-refractivity contribution < 1.29 is 4.79 Å². The first-order valence-electron chi connectivity index (χ1n) is 4.40. The van der Waals surface area contributed by atoms with Crippen LogP contribution in [0.25, 0.3) is 0 Å². The number of hydrogen-bond donors (Lipinski definition) is 1. The third-order valence-electron chi connectivity index (χ3n) is 2.24. The van der Waals surface area contributed by atoms with E-state index >= 15 is 0 Å². The highest BCUT2D eigenvalue weighted by Crippen LogP contribution is 2.25. The average molecular weight is 272 g/mol. The molecule has 1 aromatic carbocycles. The van der Waals surface area contributed by atoms with E-state index in [-0.39, 0.29) is 10.7 Å². The highest BCUT2D eigenvalue weighted by atomic mass is 79.9. The Morgan fingerprint density at radius 3 is 2.50 bits per heavy atom. The average Bonchev–Trinajstić information content (AvgIpc) is 2.47. The van der Waals surface area contributed by atoms with Crippen molar-refractivity contribution in [2.75, 3.05) is 11.4 Å². The zero-order valence-electron chi connectivity index (χ0n) is 7.48. The summed E-state index contributed by atoms with van der Waals surface area (Å²) in [6, 6.07) is 7.64. The van der Waals surface area contributed by atoms with Crippen molar-refractivity contribution in [2.45, 2.75) is 16.1 Å². The van der Waals surface area contributed by atoms with Crippen LogP contribution in [0.1, 0.15) is 6.42 Å². The number of anilines is 1. The lowest BCUT2D eigenvalue weighted by Gasteiger charge is -2.15. The molecule has 0 spiro atoms. The number of thiol groups is 1. The Bertz CT molecular complexity index is 352. The molecule has 1 aliphatic heterocycles. The van der Waals surface area contributed by atoms with E-state index in [2.05, 4.69) is 28.6 Å². The van der Waals surface area contributed by atoms with E-state index in [1.807, 2.05) is 24.3 Å². The molecule has 1 heterocycles. The Morgan fingerprint density at radius 2 is 2.00 bits per heavy atom. The Balaban J connectivity index is 2.23. The maximum atomic E-state index is 11.5. The SMILES string of the molecule is O=C1CC(Br)CN1c1ccc(S)cc1. The molecule has 1 aromatic rings. The second-order valence-electron chi connectivity index (χ2n) is 3.32. The van der Waals surface area contributed by atoms with E-state index in [1.54, 1.807) is 4.90 Å². The number of carbonyl (C=O) groups is 1. The third kappa shape index (κ3) is 1.96. The first-order chi connectivity index (χ1) is 6.66. The summed E-state index contributed by atoms with van der Waals surface area (Å²) in [5, 5.41) is 0. The standard InChI is InChI=1S/C10H10BrNOS/c11-7-5-10(13)12(6-7)8-1-3-9(14)4-2-8/h1-4,7,14H,5-6H2. The predicted molar refractivity (Wildman–Crippen MR) is 63.4 cm³/mol. The van der Waals surface area contributed by atoms with Crippen molar-refractivity contribution in [3.05, 3.63) is 24.3 Å². The van der Waals surface area contributed by atoms with Crippen LogP contribution in [0.5, 0.6) is 0 Å². The summed E-state index contributed by atoms with van der Waals surface area (Å²) in [7, 11) is 0. The van der Waals surface area contributed by atoms with E-state index in [4.69, 9.17) is 0 Å². The van der Waals surface area contributed by atoms with Gasteiger partial charge in [-0.05, 0) is 24.3 Å². The topological polar surface area (TPSA) is 20.3 Å². The number of halogens is 1. The molecule has 1 amide bonds. The lowest BCUT2D eigenvalue weighted by molar-refractivity contribution is -0.117. The number of hydrogen-bond acceptors (Lipinski definition) is 2.